The van der Waals surface area contributed by atoms with Gasteiger partial charge in [-0.05, 0) is 24.4 Å². The smallest absolute Gasteiger partial charge is 0.179 e. The molecular formula is C13H32OSi2. The molecule has 3 heteroatoms. The first-order chi connectivity index (χ1) is 7.05. The summed E-state index contributed by atoms with van der Waals surface area (Å²) in [5.41, 5.74) is 0.499. The van der Waals surface area contributed by atoms with Crippen LogP contribution in [0.4, 0.5) is 0 Å². The zero-order valence-corrected chi connectivity index (χ0v) is 15.0. The predicted molar refractivity (Wildman–Crippen MR) is 80.4 cm³/mol. The Bertz CT molecular complexity index is 210. The molecule has 0 aliphatic carbocycles. The molecule has 2 unspecified atom stereocenters. The van der Waals surface area contributed by atoms with Crippen molar-refractivity contribution in [1.82, 2.24) is 0 Å². The Hall–Kier alpha value is 0.394. The minimum atomic E-state index is -1.14. The van der Waals surface area contributed by atoms with Crippen LogP contribution in [-0.2, 0) is 4.43 Å². The molecule has 0 spiro atoms. The summed E-state index contributed by atoms with van der Waals surface area (Å²) >= 11 is 0. The van der Waals surface area contributed by atoms with Crippen molar-refractivity contribution in [3.63, 3.8) is 0 Å². The van der Waals surface area contributed by atoms with Gasteiger partial charge in [-0.25, -0.2) is 0 Å². The molecule has 3 atom stereocenters. The van der Waals surface area contributed by atoms with E-state index in [0.717, 1.165) is 5.92 Å². The van der Waals surface area contributed by atoms with E-state index in [1.54, 1.807) is 0 Å². The van der Waals surface area contributed by atoms with Crippen molar-refractivity contribution < 1.29 is 4.43 Å². The molecule has 0 aromatic heterocycles. The second kappa shape index (κ2) is 5.83. The van der Waals surface area contributed by atoms with Gasteiger partial charge in [0.1, 0.15) is 0 Å². The van der Waals surface area contributed by atoms with Gasteiger partial charge >= 0.3 is 0 Å². The van der Waals surface area contributed by atoms with Gasteiger partial charge in [0.2, 0.25) is 0 Å². The minimum Gasteiger partial charge on any atom is -0.420 e. The maximum atomic E-state index is 6.43. The molecule has 0 N–H and O–H groups in total. The summed E-state index contributed by atoms with van der Waals surface area (Å²) in [5.74, 6) is 0.730. The fourth-order valence-corrected chi connectivity index (χ4v) is 6.51. The fourth-order valence-electron chi connectivity index (χ4n) is 1.83. The van der Waals surface area contributed by atoms with Gasteiger partial charge in [0, 0.05) is 5.73 Å². The molecule has 0 amide bonds. The maximum absolute atomic E-state index is 6.43. The molecule has 0 aliphatic heterocycles. The normalized spacial score (nSPS) is 20.6. The summed E-state index contributed by atoms with van der Waals surface area (Å²) in [6.45, 7) is 21.3. The minimum absolute atomic E-state index is 0.438. The van der Waals surface area contributed by atoms with Crippen LogP contribution in [0.2, 0.25) is 31.2 Å². The van der Waals surface area contributed by atoms with Crippen LogP contribution in [0, 0.1) is 5.92 Å². The van der Waals surface area contributed by atoms with E-state index >= 15 is 0 Å². The largest absolute Gasteiger partial charge is 0.420 e. The molecule has 0 fully saturated rings. The quantitative estimate of drug-likeness (QED) is 0.641. The van der Waals surface area contributed by atoms with E-state index in [2.05, 4.69) is 60.8 Å². The Morgan fingerprint density at radius 2 is 1.62 bits per heavy atom. The zero-order chi connectivity index (χ0) is 13.1. The molecule has 0 saturated heterocycles. The lowest BCUT2D eigenvalue weighted by molar-refractivity contribution is 0.253. The second-order valence-electron chi connectivity index (χ2n) is 6.80. The Morgan fingerprint density at radius 1 is 1.19 bits per heavy atom. The summed E-state index contributed by atoms with van der Waals surface area (Å²) in [6.07, 6.45) is 1.25. The molecule has 0 aliphatic rings. The average Bonchev–Trinajstić information content (AvgIpc) is 2.14. The molecule has 1 nitrogen and oxygen atoms in total. The van der Waals surface area contributed by atoms with Crippen LogP contribution in [0.3, 0.4) is 0 Å². The highest BCUT2D eigenvalue weighted by atomic mass is 28.3. The van der Waals surface area contributed by atoms with Crippen LogP contribution < -0.4 is 0 Å². The Morgan fingerprint density at radius 3 is 1.88 bits per heavy atom. The van der Waals surface area contributed by atoms with Gasteiger partial charge in [0.05, 0.1) is 8.07 Å². The molecule has 0 saturated carbocycles. The highest BCUT2D eigenvalue weighted by Gasteiger charge is 2.37. The van der Waals surface area contributed by atoms with Gasteiger partial charge in [0.15, 0.2) is 9.04 Å². The molecule has 0 rings (SSSR count). The van der Waals surface area contributed by atoms with Crippen LogP contribution >= 0.6 is 0 Å². The van der Waals surface area contributed by atoms with Crippen LogP contribution in [-0.4, -0.2) is 22.8 Å². The highest BCUT2D eigenvalue weighted by Crippen LogP contribution is 2.42. The molecule has 0 heterocycles. The number of hydrogen-bond donors (Lipinski definition) is 0. The van der Waals surface area contributed by atoms with E-state index in [-0.39, 0.29) is 0 Å². The average molecular weight is 261 g/mol. The van der Waals surface area contributed by atoms with Gasteiger partial charge < -0.3 is 4.43 Å². The monoisotopic (exact) mass is 260 g/mol. The van der Waals surface area contributed by atoms with E-state index in [9.17, 15) is 0 Å². The van der Waals surface area contributed by atoms with Crippen molar-refractivity contribution in [2.24, 2.45) is 5.92 Å². The van der Waals surface area contributed by atoms with Crippen LogP contribution in [0.15, 0.2) is 0 Å². The molecule has 0 bridgehead atoms. The molecule has 16 heavy (non-hydrogen) atoms. The van der Waals surface area contributed by atoms with Crippen molar-refractivity contribution in [1.29, 1.82) is 0 Å². The van der Waals surface area contributed by atoms with Crippen LogP contribution in [0.1, 0.15) is 41.0 Å². The SMILES string of the molecule is CC[C@](C)(C(C)C)[SiH](C)OC(C)[Si](C)(C)C. The van der Waals surface area contributed by atoms with Crippen molar-refractivity contribution in [3.05, 3.63) is 0 Å². The Balaban J connectivity index is 4.62. The van der Waals surface area contributed by atoms with Crippen molar-refractivity contribution in [3.8, 4) is 0 Å². The van der Waals surface area contributed by atoms with E-state index < -0.39 is 17.1 Å². The highest BCUT2D eigenvalue weighted by molar-refractivity contribution is 6.77. The third kappa shape index (κ3) is 4.00. The fraction of sp³-hybridized carbons (Fsp3) is 1.00. The van der Waals surface area contributed by atoms with E-state index in [1.807, 2.05) is 0 Å². The number of hydrogen-bond acceptors (Lipinski definition) is 1. The summed E-state index contributed by atoms with van der Waals surface area (Å²) in [6, 6.07) is 0. The predicted octanol–water partition coefficient (Wildman–Crippen LogP) is 4.45. The molecule has 0 radical (unpaired) electrons. The summed E-state index contributed by atoms with van der Waals surface area (Å²) < 4.78 is 6.43. The summed E-state index contributed by atoms with van der Waals surface area (Å²) in [4.78, 5) is 0. The Labute approximate surface area is 106 Å². The standard InChI is InChI=1S/C13H32OSi2/c1-10-13(5,11(2)3)15(6)14-12(4)16(7,8)9/h11-12,15H,10H2,1-9H3/t12?,13-,15?/m1/s1. The Kier molecular flexibility index (Phi) is 5.97. The van der Waals surface area contributed by atoms with Crippen molar-refractivity contribution in [2.75, 3.05) is 0 Å². The summed E-state index contributed by atoms with van der Waals surface area (Å²) in [5, 5.41) is 0.438. The lowest BCUT2D eigenvalue weighted by Gasteiger charge is -2.40. The molecule has 0 aromatic carbocycles. The molecule has 98 valence electrons. The molecular weight excluding hydrogens is 228 g/mol. The van der Waals surface area contributed by atoms with Gasteiger partial charge in [-0.2, -0.15) is 0 Å². The lowest BCUT2D eigenvalue weighted by Crippen LogP contribution is -2.45. The first-order valence-electron chi connectivity index (χ1n) is 6.71. The summed E-state index contributed by atoms with van der Waals surface area (Å²) in [7, 11) is -2.25. The van der Waals surface area contributed by atoms with Gasteiger partial charge in [-0.1, -0.05) is 53.8 Å². The third-order valence-corrected chi connectivity index (χ3v) is 11.2. The van der Waals surface area contributed by atoms with Crippen LogP contribution in [0.25, 0.3) is 0 Å². The lowest BCUT2D eigenvalue weighted by atomic mass is 9.94. The topological polar surface area (TPSA) is 9.23 Å². The van der Waals surface area contributed by atoms with Crippen molar-refractivity contribution in [2.45, 2.75) is 78.0 Å². The second-order valence-corrected chi connectivity index (χ2v) is 15.2. The third-order valence-electron chi connectivity index (χ3n) is 4.64. The number of rotatable bonds is 6. The zero-order valence-electron chi connectivity index (χ0n) is 12.8. The molecule has 0 aromatic rings. The van der Waals surface area contributed by atoms with Gasteiger partial charge in [0.25, 0.3) is 0 Å². The first kappa shape index (κ1) is 16.4. The first-order valence-corrected chi connectivity index (χ1v) is 12.5. The van der Waals surface area contributed by atoms with E-state index in [4.69, 9.17) is 4.43 Å². The van der Waals surface area contributed by atoms with Gasteiger partial charge in [-0.15, -0.1) is 0 Å². The van der Waals surface area contributed by atoms with Crippen LogP contribution in [0.5, 0.6) is 0 Å². The van der Waals surface area contributed by atoms with E-state index in [0.29, 0.717) is 10.8 Å². The van der Waals surface area contributed by atoms with Gasteiger partial charge in [-0.3, -0.25) is 0 Å². The maximum Gasteiger partial charge on any atom is 0.179 e. The van der Waals surface area contributed by atoms with E-state index in [1.165, 1.54) is 6.42 Å². The van der Waals surface area contributed by atoms with Crippen molar-refractivity contribution >= 4 is 17.1 Å².